The van der Waals surface area contributed by atoms with Crippen LogP contribution in [0.1, 0.15) is 37.8 Å². The lowest BCUT2D eigenvalue weighted by Crippen LogP contribution is -2.36. The minimum absolute atomic E-state index is 0.191. The third-order valence-corrected chi connectivity index (χ3v) is 4.44. The van der Waals surface area contributed by atoms with Crippen molar-refractivity contribution in [3.05, 3.63) is 16.1 Å². The molecular weight excluding hydrogens is 286 g/mol. The highest BCUT2D eigenvalue weighted by Crippen LogP contribution is 2.19. The lowest BCUT2D eigenvalue weighted by atomic mass is 10.1. The van der Waals surface area contributed by atoms with E-state index >= 15 is 0 Å². The number of hydrogen-bond acceptors (Lipinski definition) is 5. The predicted molar refractivity (Wildman–Crippen MR) is 84.5 cm³/mol. The van der Waals surface area contributed by atoms with Gasteiger partial charge < -0.3 is 15.0 Å². The Bertz CT molecular complexity index is 482. The Hall–Kier alpha value is -1.14. The van der Waals surface area contributed by atoms with Crippen molar-refractivity contribution in [1.29, 1.82) is 0 Å². The largest absolute Gasteiger partial charge is 0.444 e. The van der Waals surface area contributed by atoms with Crippen molar-refractivity contribution in [2.45, 2.75) is 46.3 Å². The molecule has 1 atom stereocenters. The normalized spacial score (nSPS) is 19.0. The van der Waals surface area contributed by atoms with Gasteiger partial charge >= 0.3 is 6.09 Å². The number of amides is 1. The Morgan fingerprint density at radius 3 is 2.95 bits per heavy atom. The molecule has 1 aliphatic heterocycles. The lowest BCUT2D eigenvalue weighted by Gasteiger charge is -2.24. The van der Waals surface area contributed by atoms with Gasteiger partial charge in [0, 0.05) is 31.1 Å². The first kappa shape index (κ1) is 16.2. The van der Waals surface area contributed by atoms with Crippen LogP contribution >= 0.6 is 11.3 Å². The summed E-state index contributed by atoms with van der Waals surface area (Å²) in [6, 6.07) is 0. The number of nitrogens with zero attached hydrogens (tertiary/aromatic N) is 2. The van der Waals surface area contributed by atoms with E-state index in [1.807, 2.05) is 38.1 Å². The quantitative estimate of drug-likeness (QED) is 0.929. The summed E-state index contributed by atoms with van der Waals surface area (Å²) in [7, 11) is 0. The van der Waals surface area contributed by atoms with E-state index in [0.717, 1.165) is 38.3 Å². The molecule has 21 heavy (non-hydrogen) atoms. The van der Waals surface area contributed by atoms with Gasteiger partial charge in [0.1, 0.15) is 5.60 Å². The lowest BCUT2D eigenvalue weighted by molar-refractivity contribution is 0.0288. The van der Waals surface area contributed by atoms with E-state index in [9.17, 15) is 4.79 Å². The maximum absolute atomic E-state index is 12.0. The summed E-state index contributed by atoms with van der Waals surface area (Å²) in [5.41, 5.74) is 2.57. The number of aromatic nitrogens is 1. The molecule has 0 unspecified atom stereocenters. The molecule has 0 radical (unpaired) electrons. The fraction of sp³-hybridized carbons (Fsp3) is 0.733. The average Bonchev–Trinajstić information content (AvgIpc) is 2.97. The van der Waals surface area contributed by atoms with E-state index in [0.29, 0.717) is 5.92 Å². The molecule has 0 bridgehead atoms. The van der Waals surface area contributed by atoms with Crippen LogP contribution in [0.5, 0.6) is 0 Å². The van der Waals surface area contributed by atoms with Gasteiger partial charge in [-0.25, -0.2) is 9.78 Å². The zero-order chi connectivity index (χ0) is 15.5. The first-order valence-corrected chi connectivity index (χ1v) is 8.31. The number of rotatable bonds is 4. The number of aryl methyl sites for hydroxylation is 1. The highest BCUT2D eigenvalue weighted by molar-refractivity contribution is 7.09. The number of hydrogen-bond donors (Lipinski definition) is 1. The van der Waals surface area contributed by atoms with Gasteiger partial charge in [-0.05, 0) is 40.0 Å². The van der Waals surface area contributed by atoms with Gasteiger partial charge in [-0.15, -0.1) is 11.3 Å². The van der Waals surface area contributed by atoms with E-state index in [1.165, 1.54) is 4.88 Å². The second kappa shape index (κ2) is 6.75. The Labute approximate surface area is 130 Å². The van der Waals surface area contributed by atoms with Gasteiger partial charge in [0.2, 0.25) is 0 Å². The molecule has 0 aliphatic carbocycles. The first-order valence-electron chi connectivity index (χ1n) is 7.43. The van der Waals surface area contributed by atoms with Crippen LogP contribution < -0.4 is 5.32 Å². The molecule has 0 saturated carbocycles. The molecule has 1 aromatic heterocycles. The van der Waals surface area contributed by atoms with Crippen LogP contribution in [-0.4, -0.2) is 41.2 Å². The molecule has 2 heterocycles. The Kier molecular flexibility index (Phi) is 5.22. The smallest absolute Gasteiger partial charge is 0.410 e. The van der Waals surface area contributed by atoms with Crippen LogP contribution in [0.2, 0.25) is 0 Å². The third kappa shape index (κ3) is 4.97. The molecule has 118 valence electrons. The van der Waals surface area contributed by atoms with Gasteiger partial charge in [-0.3, -0.25) is 0 Å². The Morgan fingerprint density at radius 2 is 2.33 bits per heavy atom. The fourth-order valence-corrected chi connectivity index (χ4v) is 3.12. The van der Waals surface area contributed by atoms with E-state index < -0.39 is 5.60 Å². The number of thiazole rings is 1. The van der Waals surface area contributed by atoms with Crippen molar-refractivity contribution in [2.75, 3.05) is 19.6 Å². The van der Waals surface area contributed by atoms with Crippen molar-refractivity contribution in [2.24, 2.45) is 5.92 Å². The summed E-state index contributed by atoms with van der Waals surface area (Å²) < 4.78 is 5.41. The summed E-state index contributed by atoms with van der Waals surface area (Å²) >= 11 is 1.69. The molecule has 0 aromatic carbocycles. The zero-order valence-corrected chi connectivity index (χ0v) is 14.1. The highest BCUT2D eigenvalue weighted by atomic mass is 32.1. The minimum atomic E-state index is -0.420. The molecule has 1 aliphatic rings. The third-order valence-electron chi connectivity index (χ3n) is 3.50. The second-order valence-electron chi connectivity index (χ2n) is 6.57. The van der Waals surface area contributed by atoms with Gasteiger partial charge in [-0.1, -0.05) is 0 Å². The summed E-state index contributed by atoms with van der Waals surface area (Å²) in [4.78, 5) is 19.3. The minimum Gasteiger partial charge on any atom is -0.444 e. The van der Waals surface area contributed by atoms with Gasteiger partial charge in [0.25, 0.3) is 0 Å². The molecule has 6 heteroatoms. The van der Waals surface area contributed by atoms with Gasteiger partial charge in [0.15, 0.2) is 0 Å². The zero-order valence-electron chi connectivity index (χ0n) is 13.3. The number of carbonyl (C=O) groups is 1. The van der Waals surface area contributed by atoms with Gasteiger partial charge in [-0.2, -0.15) is 0 Å². The van der Waals surface area contributed by atoms with Crippen LogP contribution in [0.4, 0.5) is 4.79 Å². The van der Waals surface area contributed by atoms with Crippen LogP contribution in [-0.2, 0) is 11.3 Å². The van der Waals surface area contributed by atoms with Crippen molar-refractivity contribution >= 4 is 17.4 Å². The fourth-order valence-electron chi connectivity index (χ4n) is 2.38. The molecule has 2 rings (SSSR count). The number of ether oxygens (including phenoxy) is 1. The molecular formula is C15H25N3O2S. The molecule has 1 N–H and O–H groups in total. The number of likely N-dealkylation sites (tertiary alicyclic amines) is 1. The van der Waals surface area contributed by atoms with Crippen molar-refractivity contribution in [3.8, 4) is 0 Å². The summed E-state index contributed by atoms with van der Waals surface area (Å²) in [5, 5.41) is 3.47. The van der Waals surface area contributed by atoms with Crippen LogP contribution in [0.3, 0.4) is 0 Å². The van der Waals surface area contributed by atoms with Crippen molar-refractivity contribution in [3.63, 3.8) is 0 Å². The van der Waals surface area contributed by atoms with Crippen LogP contribution in [0.25, 0.3) is 0 Å². The van der Waals surface area contributed by atoms with E-state index in [4.69, 9.17) is 4.74 Å². The highest BCUT2D eigenvalue weighted by Gasteiger charge is 2.29. The summed E-state index contributed by atoms with van der Waals surface area (Å²) in [6.07, 6.45) is 0.844. The number of nitrogens with one attached hydrogen (secondary N) is 1. The van der Waals surface area contributed by atoms with Crippen LogP contribution in [0, 0.1) is 12.8 Å². The van der Waals surface area contributed by atoms with Crippen molar-refractivity contribution < 1.29 is 9.53 Å². The van der Waals surface area contributed by atoms with Crippen molar-refractivity contribution in [1.82, 2.24) is 15.2 Å². The van der Waals surface area contributed by atoms with E-state index in [2.05, 4.69) is 10.3 Å². The van der Waals surface area contributed by atoms with Crippen LogP contribution in [0.15, 0.2) is 5.51 Å². The molecule has 1 fully saturated rings. The molecule has 1 saturated heterocycles. The standard InChI is InChI=1S/C15H25N3O2S/c1-11-13(21-10-17-11)8-16-7-12-5-6-18(9-12)14(19)20-15(2,3)4/h10,12,16H,5-9H2,1-4H3/t12-/m1/s1. The molecule has 0 spiro atoms. The topological polar surface area (TPSA) is 54.5 Å². The first-order chi connectivity index (χ1) is 9.85. The molecule has 1 amide bonds. The maximum atomic E-state index is 12.0. The monoisotopic (exact) mass is 311 g/mol. The summed E-state index contributed by atoms with van der Waals surface area (Å²) in [5.74, 6) is 0.505. The number of carbonyl (C=O) groups excluding carboxylic acids is 1. The van der Waals surface area contributed by atoms with E-state index in [-0.39, 0.29) is 6.09 Å². The SMILES string of the molecule is Cc1ncsc1CNC[C@H]1CCN(C(=O)OC(C)(C)C)C1. The second-order valence-corrected chi connectivity index (χ2v) is 7.51. The van der Waals surface area contributed by atoms with Gasteiger partial charge in [0.05, 0.1) is 11.2 Å². The summed E-state index contributed by atoms with van der Waals surface area (Å²) in [6.45, 7) is 11.1. The Balaban J connectivity index is 1.70. The van der Waals surface area contributed by atoms with E-state index in [1.54, 1.807) is 11.3 Å². The Morgan fingerprint density at radius 1 is 1.57 bits per heavy atom. The molecule has 1 aromatic rings. The average molecular weight is 311 g/mol. The maximum Gasteiger partial charge on any atom is 0.410 e. The molecule has 5 nitrogen and oxygen atoms in total. The predicted octanol–water partition coefficient (Wildman–Crippen LogP) is 2.80.